The molecule has 26 heavy (non-hydrogen) atoms. The number of hydrogen-bond donors (Lipinski definition) is 1. The molecule has 1 N–H and O–H groups in total. The van der Waals surface area contributed by atoms with Gasteiger partial charge in [-0.2, -0.15) is 4.31 Å². The van der Waals surface area contributed by atoms with E-state index in [1.165, 1.54) is 16.4 Å². The zero-order valence-electron chi connectivity index (χ0n) is 14.1. The molecule has 0 spiro atoms. The van der Waals surface area contributed by atoms with Crippen molar-refractivity contribution in [3.63, 3.8) is 0 Å². The number of carbonyl (C=O) groups excluding carboxylic acids is 1. The normalized spacial score (nSPS) is 18.4. The summed E-state index contributed by atoms with van der Waals surface area (Å²) in [6.45, 7) is 0.925. The van der Waals surface area contributed by atoms with Crippen LogP contribution in [0, 0.1) is 5.92 Å². The Morgan fingerprint density at radius 2 is 2.00 bits per heavy atom. The third-order valence-corrected chi connectivity index (χ3v) is 6.51. The Morgan fingerprint density at radius 3 is 2.69 bits per heavy atom. The summed E-state index contributed by atoms with van der Waals surface area (Å²) < 4.78 is 27.0. The number of amides is 1. The zero-order chi connectivity index (χ0) is 18.6. The molecule has 1 aromatic carbocycles. The molecule has 3 rings (SSSR count). The van der Waals surface area contributed by atoms with Crippen molar-refractivity contribution in [2.24, 2.45) is 5.92 Å². The SMILES string of the molecule is O=C(NCc1ccccn1)[C@@H]1CCCN(S(=O)(=O)c2ccc(Cl)cc2)C1. The van der Waals surface area contributed by atoms with Crippen molar-refractivity contribution in [2.45, 2.75) is 24.3 Å². The Morgan fingerprint density at radius 1 is 1.23 bits per heavy atom. The Labute approximate surface area is 158 Å². The second-order valence-electron chi connectivity index (χ2n) is 6.20. The number of sulfonamides is 1. The summed E-state index contributed by atoms with van der Waals surface area (Å²) in [7, 11) is -3.63. The van der Waals surface area contributed by atoms with Gasteiger partial charge in [-0.05, 0) is 49.2 Å². The van der Waals surface area contributed by atoms with Crippen LogP contribution in [0.15, 0.2) is 53.6 Å². The molecule has 1 aliphatic heterocycles. The molecule has 0 saturated carbocycles. The van der Waals surface area contributed by atoms with E-state index in [-0.39, 0.29) is 23.3 Å². The van der Waals surface area contributed by atoms with Crippen molar-refractivity contribution in [1.82, 2.24) is 14.6 Å². The fraction of sp³-hybridized carbons (Fsp3) is 0.333. The average Bonchev–Trinajstić information content (AvgIpc) is 2.67. The standard InChI is InChI=1S/C18H20ClN3O3S/c19-15-6-8-17(9-7-15)26(24,25)22-11-3-4-14(13-22)18(23)21-12-16-5-1-2-10-20-16/h1-2,5-10,14H,3-4,11-13H2,(H,21,23)/t14-/m1/s1. The molecule has 0 aliphatic carbocycles. The molecule has 1 aromatic heterocycles. The van der Waals surface area contributed by atoms with Gasteiger partial charge in [0.05, 0.1) is 23.1 Å². The smallest absolute Gasteiger partial charge is 0.243 e. The lowest BCUT2D eigenvalue weighted by molar-refractivity contribution is -0.126. The van der Waals surface area contributed by atoms with Crippen LogP contribution in [0.3, 0.4) is 0 Å². The predicted molar refractivity (Wildman–Crippen MR) is 99.0 cm³/mol. The Kier molecular flexibility index (Phi) is 5.90. The van der Waals surface area contributed by atoms with E-state index in [1.807, 2.05) is 18.2 Å². The minimum Gasteiger partial charge on any atom is -0.350 e. The highest BCUT2D eigenvalue weighted by Gasteiger charge is 2.33. The molecule has 1 atom stereocenters. The van der Waals surface area contributed by atoms with Crippen LogP contribution >= 0.6 is 11.6 Å². The van der Waals surface area contributed by atoms with E-state index in [9.17, 15) is 13.2 Å². The zero-order valence-corrected chi connectivity index (χ0v) is 15.7. The van der Waals surface area contributed by atoms with E-state index in [1.54, 1.807) is 18.3 Å². The quantitative estimate of drug-likeness (QED) is 0.846. The van der Waals surface area contributed by atoms with Crippen LogP contribution in [0.1, 0.15) is 18.5 Å². The van der Waals surface area contributed by atoms with E-state index in [2.05, 4.69) is 10.3 Å². The predicted octanol–water partition coefficient (Wildman–Crippen LogP) is 2.45. The summed E-state index contributed by atoms with van der Waals surface area (Å²) in [5.41, 5.74) is 0.766. The van der Waals surface area contributed by atoms with Crippen LogP contribution in [0.25, 0.3) is 0 Å². The van der Waals surface area contributed by atoms with Crippen LogP contribution in [-0.4, -0.2) is 36.7 Å². The van der Waals surface area contributed by atoms with Crippen LogP contribution in [0.4, 0.5) is 0 Å². The fourth-order valence-electron chi connectivity index (χ4n) is 2.96. The molecule has 8 heteroatoms. The summed E-state index contributed by atoms with van der Waals surface area (Å²) >= 11 is 5.83. The number of aromatic nitrogens is 1. The van der Waals surface area contributed by atoms with E-state index in [4.69, 9.17) is 11.6 Å². The molecule has 1 saturated heterocycles. The lowest BCUT2D eigenvalue weighted by atomic mass is 9.99. The number of rotatable bonds is 5. The first-order valence-corrected chi connectivity index (χ1v) is 10.2. The minimum atomic E-state index is -3.63. The maximum Gasteiger partial charge on any atom is 0.243 e. The van der Waals surface area contributed by atoms with E-state index < -0.39 is 10.0 Å². The van der Waals surface area contributed by atoms with Gasteiger partial charge < -0.3 is 5.32 Å². The number of pyridine rings is 1. The fourth-order valence-corrected chi connectivity index (χ4v) is 4.60. The lowest BCUT2D eigenvalue weighted by Gasteiger charge is -2.31. The van der Waals surface area contributed by atoms with E-state index in [0.717, 1.165) is 5.69 Å². The maximum atomic E-state index is 12.8. The Balaban J connectivity index is 1.64. The molecule has 0 unspecified atom stereocenters. The number of carbonyl (C=O) groups is 1. The van der Waals surface area contributed by atoms with E-state index in [0.29, 0.717) is 31.0 Å². The van der Waals surface area contributed by atoms with Gasteiger partial charge in [0.1, 0.15) is 0 Å². The molecular weight excluding hydrogens is 374 g/mol. The molecule has 1 aliphatic rings. The van der Waals surface area contributed by atoms with Gasteiger partial charge in [-0.25, -0.2) is 8.42 Å². The van der Waals surface area contributed by atoms with Crippen molar-refractivity contribution < 1.29 is 13.2 Å². The summed E-state index contributed by atoms with van der Waals surface area (Å²) in [6, 6.07) is 11.6. The highest BCUT2D eigenvalue weighted by atomic mass is 35.5. The second kappa shape index (κ2) is 8.16. The number of halogens is 1. The highest BCUT2D eigenvalue weighted by Crippen LogP contribution is 2.24. The molecule has 0 bridgehead atoms. The average molecular weight is 394 g/mol. The topological polar surface area (TPSA) is 79.4 Å². The van der Waals surface area contributed by atoms with Crippen LogP contribution < -0.4 is 5.32 Å². The van der Waals surface area contributed by atoms with Gasteiger partial charge in [-0.15, -0.1) is 0 Å². The van der Waals surface area contributed by atoms with Gasteiger partial charge in [0.25, 0.3) is 0 Å². The molecule has 0 radical (unpaired) electrons. The maximum absolute atomic E-state index is 12.8. The van der Waals surface area contributed by atoms with Gasteiger partial charge in [-0.1, -0.05) is 17.7 Å². The summed E-state index contributed by atoms with van der Waals surface area (Å²) in [5.74, 6) is -0.513. The molecule has 2 heterocycles. The number of benzene rings is 1. The van der Waals surface area contributed by atoms with Crippen molar-refractivity contribution in [3.8, 4) is 0 Å². The first-order chi connectivity index (χ1) is 12.5. The van der Waals surface area contributed by atoms with Gasteiger partial charge in [0.15, 0.2) is 0 Å². The van der Waals surface area contributed by atoms with Crippen molar-refractivity contribution in [1.29, 1.82) is 0 Å². The molecule has 2 aromatic rings. The molecule has 1 amide bonds. The number of nitrogens with zero attached hydrogens (tertiary/aromatic N) is 2. The first kappa shape index (κ1) is 18.8. The largest absolute Gasteiger partial charge is 0.350 e. The first-order valence-electron chi connectivity index (χ1n) is 8.40. The van der Waals surface area contributed by atoms with Crippen molar-refractivity contribution in [2.75, 3.05) is 13.1 Å². The Bertz CT molecular complexity index is 857. The molecule has 6 nitrogen and oxygen atoms in total. The van der Waals surface area contributed by atoms with Crippen LogP contribution in [0.2, 0.25) is 5.02 Å². The monoisotopic (exact) mass is 393 g/mol. The van der Waals surface area contributed by atoms with Crippen LogP contribution in [-0.2, 0) is 21.4 Å². The van der Waals surface area contributed by atoms with E-state index >= 15 is 0 Å². The highest BCUT2D eigenvalue weighted by molar-refractivity contribution is 7.89. The molecule has 1 fully saturated rings. The third kappa shape index (κ3) is 4.41. The summed E-state index contributed by atoms with van der Waals surface area (Å²) in [4.78, 5) is 16.8. The van der Waals surface area contributed by atoms with Crippen molar-refractivity contribution >= 4 is 27.5 Å². The van der Waals surface area contributed by atoms with Crippen LogP contribution in [0.5, 0.6) is 0 Å². The molecular formula is C18H20ClN3O3S. The van der Waals surface area contributed by atoms with Crippen molar-refractivity contribution in [3.05, 3.63) is 59.4 Å². The second-order valence-corrected chi connectivity index (χ2v) is 8.57. The van der Waals surface area contributed by atoms with Gasteiger partial charge in [0.2, 0.25) is 15.9 Å². The number of nitrogens with one attached hydrogen (secondary N) is 1. The molecule has 138 valence electrons. The summed E-state index contributed by atoms with van der Waals surface area (Å²) in [5, 5.41) is 3.33. The number of hydrogen-bond acceptors (Lipinski definition) is 4. The van der Waals surface area contributed by atoms with Gasteiger partial charge in [0, 0.05) is 24.3 Å². The number of piperidine rings is 1. The lowest BCUT2D eigenvalue weighted by Crippen LogP contribution is -2.45. The third-order valence-electron chi connectivity index (χ3n) is 4.38. The Hall–Kier alpha value is -1.96. The minimum absolute atomic E-state index is 0.147. The van der Waals surface area contributed by atoms with Gasteiger partial charge >= 0.3 is 0 Å². The summed E-state index contributed by atoms with van der Waals surface area (Å²) in [6.07, 6.45) is 2.98. The van der Waals surface area contributed by atoms with Gasteiger partial charge in [-0.3, -0.25) is 9.78 Å².